The number of aromatic nitrogens is 2. The Hall–Kier alpha value is -3.12. The largest absolute Gasteiger partial charge is 0.357 e. The van der Waals surface area contributed by atoms with Gasteiger partial charge in [-0.25, -0.2) is 4.98 Å². The van der Waals surface area contributed by atoms with Gasteiger partial charge in [-0.3, -0.25) is 4.79 Å². The Balaban J connectivity index is 1.58. The first-order valence-corrected chi connectivity index (χ1v) is 10.9. The number of carbonyl (C=O) groups excluding carboxylic acids is 1. The second-order valence-corrected chi connectivity index (χ2v) is 7.68. The van der Waals surface area contributed by atoms with Crippen molar-refractivity contribution in [2.45, 2.75) is 33.6 Å². The molecule has 0 aliphatic heterocycles. The van der Waals surface area contributed by atoms with Gasteiger partial charge in [-0.2, -0.15) is 4.98 Å². The number of halogens is 1. The van der Waals surface area contributed by atoms with Crippen molar-refractivity contribution >= 4 is 40.6 Å². The first-order valence-electron chi connectivity index (χ1n) is 10.5. The third kappa shape index (κ3) is 6.69. The van der Waals surface area contributed by atoms with E-state index < -0.39 is 0 Å². The number of aryl methyl sites for hydroxylation is 2. The number of hydrogen-bond acceptors (Lipinski definition) is 5. The minimum absolute atomic E-state index is 0.0356. The normalized spacial score (nSPS) is 10.6. The molecule has 2 aromatic carbocycles. The molecule has 31 heavy (non-hydrogen) atoms. The van der Waals surface area contributed by atoms with Crippen LogP contribution in [0, 0.1) is 6.92 Å². The number of nitrogens with one attached hydrogen (secondary N) is 2. The molecule has 0 unspecified atom stereocenters. The van der Waals surface area contributed by atoms with Gasteiger partial charge in [0.05, 0.1) is 0 Å². The van der Waals surface area contributed by atoms with Gasteiger partial charge in [-0.15, -0.1) is 0 Å². The molecule has 0 bridgehead atoms. The average Bonchev–Trinajstić information content (AvgIpc) is 2.74. The van der Waals surface area contributed by atoms with Crippen LogP contribution in [0.4, 0.5) is 23.1 Å². The second kappa shape index (κ2) is 10.8. The number of rotatable bonds is 9. The molecule has 0 saturated carbocycles. The molecular weight excluding hydrogens is 410 g/mol. The van der Waals surface area contributed by atoms with Crippen LogP contribution >= 0.6 is 11.6 Å². The minimum Gasteiger partial charge on any atom is -0.357 e. The van der Waals surface area contributed by atoms with E-state index in [-0.39, 0.29) is 5.91 Å². The molecule has 3 rings (SSSR count). The van der Waals surface area contributed by atoms with Gasteiger partial charge in [0.15, 0.2) is 0 Å². The lowest BCUT2D eigenvalue weighted by Gasteiger charge is -2.20. The Labute approximate surface area is 188 Å². The zero-order valence-corrected chi connectivity index (χ0v) is 18.9. The quantitative estimate of drug-likeness (QED) is 0.456. The fourth-order valence-electron chi connectivity index (χ4n) is 3.26. The zero-order valence-electron chi connectivity index (χ0n) is 18.2. The topological polar surface area (TPSA) is 70.2 Å². The Morgan fingerprint density at radius 1 is 1.00 bits per heavy atom. The summed E-state index contributed by atoms with van der Waals surface area (Å²) in [4.78, 5) is 23.5. The van der Waals surface area contributed by atoms with Crippen molar-refractivity contribution < 1.29 is 4.79 Å². The van der Waals surface area contributed by atoms with Crippen LogP contribution in [0.15, 0.2) is 54.6 Å². The molecule has 3 aromatic rings. The summed E-state index contributed by atoms with van der Waals surface area (Å²) in [5, 5.41) is 6.86. The van der Waals surface area contributed by atoms with Crippen molar-refractivity contribution in [1.82, 2.24) is 9.97 Å². The predicted molar refractivity (Wildman–Crippen MR) is 128 cm³/mol. The maximum Gasteiger partial charge on any atom is 0.229 e. The summed E-state index contributed by atoms with van der Waals surface area (Å²) >= 11 is 5.99. The molecule has 1 aromatic heterocycles. The second-order valence-electron chi connectivity index (χ2n) is 7.24. The van der Waals surface area contributed by atoms with Crippen LogP contribution in [0.3, 0.4) is 0 Å². The first kappa shape index (κ1) is 22.6. The Bertz CT molecular complexity index is 1020. The number of carbonyl (C=O) groups is 1. The van der Waals surface area contributed by atoms with Crippen molar-refractivity contribution in [3.8, 4) is 0 Å². The average molecular weight is 438 g/mol. The van der Waals surface area contributed by atoms with E-state index in [2.05, 4.69) is 39.3 Å². The zero-order chi connectivity index (χ0) is 22.2. The molecule has 0 spiro atoms. The molecule has 0 saturated heterocycles. The Morgan fingerprint density at radius 3 is 2.39 bits per heavy atom. The monoisotopic (exact) mass is 437 g/mol. The van der Waals surface area contributed by atoms with E-state index in [1.807, 2.05) is 61.5 Å². The molecule has 162 valence electrons. The van der Waals surface area contributed by atoms with E-state index in [1.54, 1.807) is 0 Å². The van der Waals surface area contributed by atoms with Crippen LogP contribution in [0.5, 0.6) is 0 Å². The molecule has 1 amide bonds. The van der Waals surface area contributed by atoms with E-state index in [9.17, 15) is 4.79 Å². The molecule has 0 fully saturated rings. The van der Waals surface area contributed by atoms with Crippen molar-refractivity contribution in [3.63, 3.8) is 0 Å². The fraction of sp³-hybridized carbons (Fsp3) is 0.292. The predicted octanol–water partition coefficient (Wildman–Crippen LogP) is 5.60. The third-order valence-electron chi connectivity index (χ3n) is 4.88. The molecule has 2 N–H and O–H groups in total. The van der Waals surface area contributed by atoms with E-state index in [1.165, 1.54) is 0 Å². The molecular formula is C24H28ClN5O. The molecule has 0 aliphatic rings. The highest BCUT2D eigenvalue weighted by Gasteiger charge is 2.08. The summed E-state index contributed by atoms with van der Waals surface area (Å²) in [5.41, 5.74) is 3.55. The van der Waals surface area contributed by atoms with Gasteiger partial charge in [0.2, 0.25) is 11.9 Å². The van der Waals surface area contributed by atoms with E-state index in [4.69, 9.17) is 11.6 Å². The number of benzene rings is 2. The van der Waals surface area contributed by atoms with Gasteiger partial charge in [0.1, 0.15) is 5.82 Å². The standard InChI is InChI=1S/C24H28ClN5O/c1-4-30(5-2)22-15-17(3)26-24(29-22)28-21-12-10-20(11-13-21)27-23(31)14-9-18-7-6-8-19(25)16-18/h6-8,10-13,15-16H,4-5,9,14H2,1-3H3,(H,27,31)(H,26,28,29). The summed E-state index contributed by atoms with van der Waals surface area (Å²) in [5.74, 6) is 1.43. The highest BCUT2D eigenvalue weighted by Crippen LogP contribution is 2.20. The van der Waals surface area contributed by atoms with Crippen molar-refractivity contribution in [3.05, 3.63) is 70.9 Å². The van der Waals surface area contributed by atoms with E-state index in [0.29, 0.717) is 23.8 Å². The number of amides is 1. The molecule has 1 heterocycles. The Kier molecular flexibility index (Phi) is 7.84. The van der Waals surface area contributed by atoms with Crippen LogP contribution in [0.1, 0.15) is 31.5 Å². The smallest absolute Gasteiger partial charge is 0.229 e. The Morgan fingerprint density at radius 2 is 1.71 bits per heavy atom. The fourth-order valence-corrected chi connectivity index (χ4v) is 3.47. The van der Waals surface area contributed by atoms with Gasteiger partial charge in [-0.05, 0) is 69.2 Å². The van der Waals surface area contributed by atoms with Crippen LogP contribution in [-0.2, 0) is 11.2 Å². The van der Waals surface area contributed by atoms with Gasteiger partial charge in [-0.1, -0.05) is 23.7 Å². The van der Waals surface area contributed by atoms with Gasteiger partial charge >= 0.3 is 0 Å². The van der Waals surface area contributed by atoms with Gasteiger partial charge < -0.3 is 15.5 Å². The molecule has 6 nitrogen and oxygen atoms in total. The highest BCUT2D eigenvalue weighted by molar-refractivity contribution is 6.30. The lowest BCUT2D eigenvalue weighted by Crippen LogP contribution is -2.23. The maximum atomic E-state index is 12.3. The summed E-state index contributed by atoms with van der Waals surface area (Å²) in [6.45, 7) is 7.95. The molecule has 0 atom stereocenters. The third-order valence-corrected chi connectivity index (χ3v) is 5.12. The minimum atomic E-state index is -0.0356. The maximum absolute atomic E-state index is 12.3. The van der Waals surface area contributed by atoms with Crippen LogP contribution in [0.25, 0.3) is 0 Å². The molecule has 7 heteroatoms. The molecule has 0 radical (unpaired) electrons. The van der Waals surface area contributed by atoms with Crippen molar-refractivity contribution in [2.24, 2.45) is 0 Å². The highest BCUT2D eigenvalue weighted by atomic mass is 35.5. The van der Waals surface area contributed by atoms with Crippen LogP contribution in [-0.4, -0.2) is 29.0 Å². The number of anilines is 4. The summed E-state index contributed by atoms with van der Waals surface area (Å²) in [7, 11) is 0. The first-order chi connectivity index (χ1) is 15.0. The summed E-state index contributed by atoms with van der Waals surface area (Å²) in [6, 6.07) is 17.1. The summed E-state index contributed by atoms with van der Waals surface area (Å²) < 4.78 is 0. The number of nitrogens with zero attached hydrogens (tertiary/aromatic N) is 3. The molecule has 0 aliphatic carbocycles. The van der Waals surface area contributed by atoms with E-state index >= 15 is 0 Å². The van der Waals surface area contributed by atoms with E-state index in [0.717, 1.165) is 41.5 Å². The lowest BCUT2D eigenvalue weighted by molar-refractivity contribution is -0.116. The van der Waals surface area contributed by atoms with Gasteiger partial charge in [0, 0.05) is 47.7 Å². The van der Waals surface area contributed by atoms with Crippen molar-refractivity contribution in [2.75, 3.05) is 28.6 Å². The number of hydrogen-bond donors (Lipinski definition) is 2. The summed E-state index contributed by atoms with van der Waals surface area (Å²) in [6.07, 6.45) is 1.04. The lowest BCUT2D eigenvalue weighted by atomic mass is 10.1. The van der Waals surface area contributed by atoms with Crippen LogP contribution < -0.4 is 15.5 Å². The van der Waals surface area contributed by atoms with Crippen molar-refractivity contribution in [1.29, 1.82) is 0 Å². The van der Waals surface area contributed by atoms with Crippen LogP contribution in [0.2, 0.25) is 5.02 Å². The SMILES string of the molecule is CCN(CC)c1cc(C)nc(Nc2ccc(NC(=O)CCc3cccc(Cl)c3)cc2)n1. The van der Waals surface area contributed by atoms with Gasteiger partial charge in [0.25, 0.3) is 0 Å².